The normalized spacial score (nSPS) is 21.1. The Balaban J connectivity index is 1.96. The maximum Gasteiger partial charge on any atom is 0.223 e. The van der Waals surface area contributed by atoms with Crippen molar-refractivity contribution in [1.82, 2.24) is 9.88 Å². The van der Waals surface area contributed by atoms with Gasteiger partial charge in [-0.15, -0.1) is 0 Å². The van der Waals surface area contributed by atoms with Crippen molar-refractivity contribution in [2.24, 2.45) is 11.1 Å². The van der Waals surface area contributed by atoms with Crippen LogP contribution in [0, 0.1) is 5.92 Å². The van der Waals surface area contributed by atoms with Crippen LogP contribution in [0.25, 0.3) is 0 Å². The number of sulfonamides is 1. The SMILES string of the molecule is NS(=O)(=O)CC1CC(=O)N(Cc2cocn2)C1. The molecule has 1 saturated heterocycles. The van der Waals surface area contributed by atoms with E-state index in [9.17, 15) is 13.2 Å². The average Bonchev–Trinajstić information content (AvgIpc) is 2.75. The first-order chi connectivity index (χ1) is 7.94. The van der Waals surface area contributed by atoms with E-state index in [1.807, 2.05) is 0 Å². The lowest BCUT2D eigenvalue weighted by atomic mass is 10.1. The number of amides is 1. The molecule has 0 saturated carbocycles. The minimum atomic E-state index is -3.53. The number of nitrogens with two attached hydrogens (primary N) is 1. The molecule has 17 heavy (non-hydrogen) atoms. The van der Waals surface area contributed by atoms with Crippen LogP contribution in [0.5, 0.6) is 0 Å². The van der Waals surface area contributed by atoms with E-state index >= 15 is 0 Å². The molecule has 2 N–H and O–H groups in total. The molecule has 2 rings (SSSR count). The molecule has 1 fully saturated rings. The van der Waals surface area contributed by atoms with Gasteiger partial charge >= 0.3 is 0 Å². The van der Waals surface area contributed by atoms with E-state index in [-0.39, 0.29) is 24.0 Å². The highest BCUT2D eigenvalue weighted by molar-refractivity contribution is 7.89. The van der Waals surface area contributed by atoms with Crippen LogP contribution in [-0.4, -0.2) is 36.5 Å². The number of hydrogen-bond donors (Lipinski definition) is 1. The largest absolute Gasteiger partial charge is 0.451 e. The summed E-state index contributed by atoms with van der Waals surface area (Å²) in [6.07, 6.45) is 2.96. The second-order valence-corrected chi connectivity index (χ2v) is 5.81. The molecule has 0 spiro atoms. The Morgan fingerprint density at radius 3 is 2.94 bits per heavy atom. The van der Waals surface area contributed by atoms with E-state index < -0.39 is 10.0 Å². The number of nitrogens with zero attached hydrogens (tertiary/aromatic N) is 2. The maximum absolute atomic E-state index is 11.6. The Hall–Kier alpha value is -1.41. The quantitative estimate of drug-likeness (QED) is 0.770. The van der Waals surface area contributed by atoms with Crippen molar-refractivity contribution in [1.29, 1.82) is 0 Å². The van der Waals surface area contributed by atoms with Crippen molar-refractivity contribution in [2.45, 2.75) is 13.0 Å². The van der Waals surface area contributed by atoms with Crippen molar-refractivity contribution in [2.75, 3.05) is 12.3 Å². The predicted octanol–water partition coefficient (Wildman–Crippen LogP) is -0.688. The molecule has 1 unspecified atom stereocenters. The van der Waals surface area contributed by atoms with Gasteiger partial charge in [-0.25, -0.2) is 18.5 Å². The molecule has 1 aliphatic rings. The van der Waals surface area contributed by atoms with Gasteiger partial charge < -0.3 is 9.32 Å². The minimum Gasteiger partial charge on any atom is -0.451 e. The zero-order valence-corrected chi connectivity index (χ0v) is 9.89. The summed E-state index contributed by atoms with van der Waals surface area (Å²) in [5.74, 6) is -0.473. The molecule has 8 heteroatoms. The summed E-state index contributed by atoms with van der Waals surface area (Å²) in [5.41, 5.74) is 0.648. The zero-order valence-electron chi connectivity index (χ0n) is 9.07. The first kappa shape index (κ1) is 12.1. The van der Waals surface area contributed by atoms with E-state index in [4.69, 9.17) is 9.56 Å². The number of carbonyl (C=O) groups excluding carboxylic acids is 1. The summed E-state index contributed by atoms with van der Waals surface area (Å²) < 4.78 is 26.7. The molecule has 1 aromatic rings. The van der Waals surface area contributed by atoms with Gasteiger partial charge in [0.25, 0.3) is 0 Å². The van der Waals surface area contributed by atoms with Gasteiger partial charge in [-0.3, -0.25) is 4.79 Å². The average molecular weight is 259 g/mol. The predicted molar refractivity (Wildman–Crippen MR) is 58.0 cm³/mol. The van der Waals surface area contributed by atoms with E-state index in [0.717, 1.165) is 0 Å². The van der Waals surface area contributed by atoms with Crippen LogP contribution in [0.15, 0.2) is 17.1 Å². The highest BCUT2D eigenvalue weighted by Crippen LogP contribution is 2.20. The number of primary sulfonamides is 1. The Kier molecular flexibility index (Phi) is 3.16. The number of aromatic nitrogens is 1. The number of hydrogen-bond acceptors (Lipinski definition) is 5. The van der Waals surface area contributed by atoms with Crippen LogP contribution in [0.2, 0.25) is 0 Å². The topological polar surface area (TPSA) is 106 Å². The third kappa shape index (κ3) is 3.27. The van der Waals surface area contributed by atoms with Crippen molar-refractivity contribution < 1.29 is 17.6 Å². The van der Waals surface area contributed by atoms with Crippen LogP contribution in [0.4, 0.5) is 0 Å². The summed E-state index contributed by atoms with van der Waals surface area (Å²) >= 11 is 0. The van der Waals surface area contributed by atoms with Crippen molar-refractivity contribution >= 4 is 15.9 Å². The lowest BCUT2D eigenvalue weighted by molar-refractivity contribution is -0.128. The monoisotopic (exact) mass is 259 g/mol. The Labute approximate surface area is 98.7 Å². The fraction of sp³-hybridized carbons (Fsp3) is 0.556. The van der Waals surface area contributed by atoms with Gasteiger partial charge in [-0.2, -0.15) is 0 Å². The molecule has 1 aliphatic heterocycles. The summed E-state index contributed by atoms with van der Waals surface area (Å²) in [7, 11) is -3.53. The number of rotatable bonds is 4. The Morgan fingerprint density at radius 2 is 2.35 bits per heavy atom. The fourth-order valence-electron chi connectivity index (χ4n) is 1.96. The van der Waals surface area contributed by atoms with Gasteiger partial charge in [0.1, 0.15) is 6.26 Å². The first-order valence-corrected chi connectivity index (χ1v) is 6.81. The van der Waals surface area contributed by atoms with Crippen molar-refractivity contribution in [3.8, 4) is 0 Å². The molecule has 7 nitrogen and oxygen atoms in total. The molecule has 0 bridgehead atoms. The van der Waals surface area contributed by atoms with E-state index in [1.54, 1.807) is 4.90 Å². The molecule has 94 valence electrons. The molecule has 0 aromatic carbocycles. The Morgan fingerprint density at radius 1 is 1.59 bits per heavy atom. The summed E-state index contributed by atoms with van der Waals surface area (Å²) in [6.45, 7) is 0.735. The molecule has 1 aromatic heterocycles. The van der Waals surface area contributed by atoms with Gasteiger partial charge in [-0.05, 0) is 0 Å². The minimum absolute atomic E-state index is 0.0818. The zero-order chi connectivity index (χ0) is 12.5. The van der Waals surface area contributed by atoms with Gasteiger partial charge in [0.2, 0.25) is 15.9 Å². The van der Waals surface area contributed by atoms with Gasteiger partial charge in [0.05, 0.1) is 18.0 Å². The van der Waals surface area contributed by atoms with Crippen LogP contribution in [0.3, 0.4) is 0 Å². The Bertz CT molecular complexity index is 496. The van der Waals surface area contributed by atoms with Crippen molar-refractivity contribution in [3.63, 3.8) is 0 Å². The van der Waals surface area contributed by atoms with Crippen LogP contribution in [0.1, 0.15) is 12.1 Å². The van der Waals surface area contributed by atoms with Crippen LogP contribution < -0.4 is 5.14 Å². The summed E-state index contributed by atoms with van der Waals surface area (Å²) in [4.78, 5) is 17.1. The van der Waals surface area contributed by atoms with Gasteiger partial charge in [0.15, 0.2) is 6.39 Å². The summed E-state index contributed by atoms with van der Waals surface area (Å²) in [5, 5.41) is 4.96. The van der Waals surface area contributed by atoms with Crippen LogP contribution in [-0.2, 0) is 21.4 Å². The second-order valence-electron chi connectivity index (χ2n) is 4.15. The molecular weight excluding hydrogens is 246 g/mol. The van der Waals surface area contributed by atoms with E-state index in [0.29, 0.717) is 18.8 Å². The van der Waals surface area contributed by atoms with Crippen molar-refractivity contribution in [3.05, 3.63) is 18.4 Å². The molecule has 0 radical (unpaired) electrons. The highest BCUT2D eigenvalue weighted by Gasteiger charge is 2.32. The summed E-state index contributed by atoms with van der Waals surface area (Å²) in [6, 6.07) is 0. The third-order valence-electron chi connectivity index (χ3n) is 2.60. The number of likely N-dealkylation sites (tertiary alicyclic amines) is 1. The lowest BCUT2D eigenvalue weighted by Gasteiger charge is -2.14. The van der Waals surface area contributed by atoms with Gasteiger partial charge in [0, 0.05) is 18.9 Å². The second kappa shape index (κ2) is 4.46. The highest BCUT2D eigenvalue weighted by atomic mass is 32.2. The lowest BCUT2D eigenvalue weighted by Crippen LogP contribution is -2.27. The van der Waals surface area contributed by atoms with E-state index in [2.05, 4.69) is 4.98 Å². The molecular formula is C9H13N3O4S. The third-order valence-corrected chi connectivity index (χ3v) is 3.53. The smallest absolute Gasteiger partial charge is 0.223 e. The molecule has 0 aliphatic carbocycles. The first-order valence-electron chi connectivity index (χ1n) is 5.09. The number of oxazole rings is 1. The molecule has 1 amide bonds. The fourth-order valence-corrected chi connectivity index (χ4v) is 2.84. The van der Waals surface area contributed by atoms with Gasteiger partial charge in [-0.1, -0.05) is 0 Å². The maximum atomic E-state index is 11.6. The standard InChI is InChI=1S/C9H13N3O4S/c10-17(14,15)5-7-1-9(13)12(2-7)3-8-4-16-6-11-8/h4,6-7H,1-3,5H2,(H2,10,14,15). The van der Waals surface area contributed by atoms with Crippen LogP contribution >= 0.6 is 0 Å². The molecule has 2 heterocycles. The number of carbonyl (C=O) groups is 1. The van der Waals surface area contributed by atoms with E-state index in [1.165, 1.54) is 12.7 Å². The molecule has 1 atom stereocenters.